The van der Waals surface area contributed by atoms with Crippen LogP contribution in [0.1, 0.15) is 18.4 Å². The molecule has 1 aromatic carbocycles. The van der Waals surface area contributed by atoms with Crippen LogP contribution >= 0.6 is 0 Å². The Balaban J connectivity index is 1.82. The Morgan fingerprint density at radius 1 is 1.19 bits per heavy atom. The van der Waals surface area contributed by atoms with Crippen molar-refractivity contribution in [1.29, 1.82) is 0 Å². The highest BCUT2D eigenvalue weighted by Gasteiger charge is 2.46. The number of nitrogens with zero attached hydrogens (tertiary/aromatic N) is 1. The van der Waals surface area contributed by atoms with Crippen LogP contribution in [-0.2, 0) is 11.3 Å². The first kappa shape index (κ1) is 13.6. The van der Waals surface area contributed by atoms with Crippen molar-refractivity contribution in [3.8, 4) is 0 Å². The number of rotatable bonds is 4. The Kier molecular flexibility index (Phi) is 3.35. The maximum absolute atomic E-state index is 12.4. The Morgan fingerprint density at radius 2 is 1.90 bits per heavy atom. The number of anilines is 1. The number of carbonyl (C=O) groups is 1. The molecule has 1 saturated carbocycles. The summed E-state index contributed by atoms with van der Waals surface area (Å²) in [6.45, 7) is 0.469. The molecule has 3 rings (SSSR count). The van der Waals surface area contributed by atoms with Gasteiger partial charge >= 0.3 is 0 Å². The van der Waals surface area contributed by atoms with Gasteiger partial charge in [-0.05, 0) is 30.5 Å². The lowest BCUT2D eigenvalue weighted by Crippen LogP contribution is -2.39. The van der Waals surface area contributed by atoms with Gasteiger partial charge in [-0.1, -0.05) is 30.3 Å². The quantitative estimate of drug-likeness (QED) is 0.888. The van der Waals surface area contributed by atoms with E-state index in [2.05, 4.69) is 5.32 Å². The highest BCUT2D eigenvalue weighted by molar-refractivity contribution is 5.99. The summed E-state index contributed by atoms with van der Waals surface area (Å²) in [6.07, 6.45) is 3.05. The molecule has 0 unspecified atom stereocenters. The van der Waals surface area contributed by atoms with Crippen LogP contribution in [0.4, 0.5) is 5.69 Å². The summed E-state index contributed by atoms with van der Waals surface area (Å²) in [7, 11) is 0. The third kappa shape index (κ3) is 2.87. The molecule has 1 heterocycles. The number of hydrogen-bond donors (Lipinski definition) is 2. The molecule has 1 fully saturated rings. The summed E-state index contributed by atoms with van der Waals surface area (Å²) in [4.78, 5) is 24.3. The molecular formula is C16H17N3O2. The third-order valence-corrected chi connectivity index (χ3v) is 3.70. The molecule has 108 valence electrons. The van der Waals surface area contributed by atoms with E-state index in [1.54, 1.807) is 22.9 Å². The minimum absolute atomic E-state index is 0.223. The van der Waals surface area contributed by atoms with Gasteiger partial charge in [0.15, 0.2) is 0 Å². The highest BCUT2D eigenvalue weighted by Crippen LogP contribution is 2.32. The van der Waals surface area contributed by atoms with Gasteiger partial charge in [-0.3, -0.25) is 9.59 Å². The number of nitrogens with one attached hydrogen (secondary N) is 1. The van der Waals surface area contributed by atoms with E-state index < -0.39 is 5.54 Å². The second-order valence-corrected chi connectivity index (χ2v) is 5.45. The van der Waals surface area contributed by atoms with Crippen molar-refractivity contribution < 1.29 is 4.79 Å². The molecule has 1 amide bonds. The zero-order chi connectivity index (χ0) is 14.9. The van der Waals surface area contributed by atoms with Crippen molar-refractivity contribution in [2.24, 2.45) is 5.73 Å². The van der Waals surface area contributed by atoms with Crippen LogP contribution in [0, 0.1) is 0 Å². The predicted octanol–water partition coefficient (Wildman–Crippen LogP) is 1.33. The van der Waals surface area contributed by atoms with E-state index in [1.807, 2.05) is 30.3 Å². The molecule has 5 nitrogen and oxygen atoms in total. The molecule has 0 atom stereocenters. The van der Waals surface area contributed by atoms with Crippen LogP contribution < -0.4 is 16.6 Å². The summed E-state index contributed by atoms with van der Waals surface area (Å²) in [5.41, 5.74) is 6.12. The van der Waals surface area contributed by atoms with Gasteiger partial charge in [0.1, 0.15) is 5.69 Å². The summed E-state index contributed by atoms with van der Waals surface area (Å²) in [5, 5.41) is 2.64. The Bertz CT molecular complexity index is 718. The molecule has 21 heavy (non-hydrogen) atoms. The van der Waals surface area contributed by atoms with Crippen molar-refractivity contribution in [3.63, 3.8) is 0 Å². The lowest BCUT2D eigenvalue weighted by atomic mass is 10.2. The van der Waals surface area contributed by atoms with Gasteiger partial charge in [0, 0.05) is 6.20 Å². The van der Waals surface area contributed by atoms with Crippen LogP contribution in [0.3, 0.4) is 0 Å². The van der Waals surface area contributed by atoms with Crippen molar-refractivity contribution in [2.75, 3.05) is 5.32 Å². The molecule has 0 bridgehead atoms. The fourth-order valence-electron chi connectivity index (χ4n) is 2.15. The van der Waals surface area contributed by atoms with E-state index >= 15 is 0 Å². The van der Waals surface area contributed by atoms with Gasteiger partial charge in [-0.2, -0.15) is 0 Å². The molecule has 0 spiro atoms. The van der Waals surface area contributed by atoms with E-state index in [4.69, 9.17) is 5.73 Å². The molecule has 1 aromatic heterocycles. The molecule has 2 aromatic rings. The van der Waals surface area contributed by atoms with Crippen molar-refractivity contribution in [1.82, 2.24) is 4.57 Å². The standard InChI is InChI=1S/C16H17N3O2/c17-16(8-9-16)15(21)18-13-7-4-10-19(14(13)20)11-12-5-2-1-3-6-12/h1-7,10H,8-9,11,17H2,(H,18,21). The van der Waals surface area contributed by atoms with Gasteiger partial charge < -0.3 is 15.6 Å². The number of aromatic nitrogens is 1. The predicted molar refractivity (Wildman–Crippen MR) is 81.0 cm³/mol. The van der Waals surface area contributed by atoms with Crippen LogP contribution in [0.5, 0.6) is 0 Å². The van der Waals surface area contributed by atoms with Gasteiger partial charge in [-0.15, -0.1) is 0 Å². The average Bonchev–Trinajstić information content (AvgIpc) is 3.24. The zero-order valence-corrected chi connectivity index (χ0v) is 11.6. The largest absolute Gasteiger partial charge is 0.320 e. The molecule has 3 N–H and O–H groups in total. The Morgan fingerprint density at radius 3 is 2.57 bits per heavy atom. The molecule has 1 aliphatic rings. The Hall–Kier alpha value is -2.40. The third-order valence-electron chi connectivity index (χ3n) is 3.70. The van der Waals surface area contributed by atoms with Crippen molar-refractivity contribution in [3.05, 3.63) is 64.6 Å². The first-order valence-corrected chi connectivity index (χ1v) is 6.92. The number of carbonyl (C=O) groups excluding carboxylic acids is 1. The molecule has 1 aliphatic carbocycles. The minimum atomic E-state index is -0.785. The van der Waals surface area contributed by atoms with Crippen LogP contribution in [-0.4, -0.2) is 16.0 Å². The fourth-order valence-corrected chi connectivity index (χ4v) is 2.15. The van der Waals surface area contributed by atoms with Crippen LogP contribution in [0.15, 0.2) is 53.5 Å². The van der Waals surface area contributed by atoms with Gasteiger partial charge in [0.2, 0.25) is 5.91 Å². The van der Waals surface area contributed by atoms with E-state index in [0.29, 0.717) is 19.4 Å². The van der Waals surface area contributed by atoms with Gasteiger partial charge in [-0.25, -0.2) is 0 Å². The normalized spacial score (nSPS) is 15.5. The van der Waals surface area contributed by atoms with Crippen molar-refractivity contribution >= 4 is 11.6 Å². The fraction of sp³-hybridized carbons (Fsp3) is 0.250. The monoisotopic (exact) mass is 283 g/mol. The summed E-state index contributed by atoms with van der Waals surface area (Å²) in [6, 6.07) is 13.0. The topological polar surface area (TPSA) is 77.1 Å². The highest BCUT2D eigenvalue weighted by atomic mass is 16.2. The number of hydrogen-bond acceptors (Lipinski definition) is 3. The second-order valence-electron chi connectivity index (χ2n) is 5.45. The molecule has 5 heteroatoms. The van der Waals surface area contributed by atoms with Crippen molar-refractivity contribution in [2.45, 2.75) is 24.9 Å². The van der Waals surface area contributed by atoms with Crippen LogP contribution in [0.25, 0.3) is 0 Å². The van der Waals surface area contributed by atoms with Gasteiger partial charge in [0.25, 0.3) is 5.56 Å². The first-order valence-electron chi connectivity index (χ1n) is 6.92. The molecular weight excluding hydrogens is 266 g/mol. The maximum atomic E-state index is 12.4. The van der Waals surface area contributed by atoms with Gasteiger partial charge in [0.05, 0.1) is 12.1 Å². The van der Waals surface area contributed by atoms with Crippen LogP contribution in [0.2, 0.25) is 0 Å². The lowest BCUT2D eigenvalue weighted by molar-refractivity contribution is -0.118. The smallest absolute Gasteiger partial charge is 0.274 e. The zero-order valence-electron chi connectivity index (χ0n) is 11.6. The number of pyridine rings is 1. The van der Waals surface area contributed by atoms with E-state index in [-0.39, 0.29) is 17.2 Å². The summed E-state index contributed by atoms with van der Waals surface area (Å²) in [5.74, 6) is -0.280. The lowest BCUT2D eigenvalue weighted by Gasteiger charge is -2.12. The maximum Gasteiger partial charge on any atom is 0.274 e. The molecule has 0 radical (unpaired) electrons. The average molecular weight is 283 g/mol. The van der Waals surface area contributed by atoms with E-state index in [0.717, 1.165) is 5.56 Å². The first-order chi connectivity index (χ1) is 10.1. The SMILES string of the molecule is NC1(C(=O)Nc2cccn(Cc3ccccc3)c2=O)CC1. The molecule has 0 saturated heterocycles. The molecule has 0 aliphatic heterocycles. The van der Waals surface area contributed by atoms with E-state index in [1.165, 1.54) is 0 Å². The summed E-state index contributed by atoms with van der Waals surface area (Å²) < 4.78 is 1.57. The number of amides is 1. The Labute approximate surface area is 122 Å². The second kappa shape index (κ2) is 5.18. The van der Waals surface area contributed by atoms with E-state index in [9.17, 15) is 9.59 Å². The minimum Gasteiger partial charge on any atom is -0.320 e. The summed E-state index contributed by atoms with van der Waals surface area (Å²) >= 11 is 0. The number of nitrogens with two attached hydrogens (primary N) is 1. The number of benzene rings is 1.